The number of hydrogen-bond donors (Lipinski definition) is 3. The molecule has 3 N–H and O–H groups in total. The Bertz CT molecular complexity index is 1160. The van der Waals surface area contributed by atoms with Crippen LogP contribution in [0.3, 0.4) is 0 Å². The number of hydrogen-bond acceptors (Lipinski definition) is 3. The van der Waals surface area contributed by atoms with Crippen molar-refractivity contribution in [3.05, 3.63) is 65.1 Å². The zero-order valence-electron chi connectivity index (χ0n) is 16.5. The van der Waals surface area contributed by atoms with E-state index in [-0.39, 0.29) is 36.2 Å². The van der Waals surface area contributed by atoms with Crippen molar-refractivity contribution in [1.29, 1.82) is 0 Å². The van der Waals surface area contributed by atoms with Crippen LogP contribution in [0.25, 0.3) is 10.9 Å². The Hall–Kier alpha value is -3.39. The maximum absolute atomic E-state index is 13.2. The van der Waals surface area contributed by atoms with Gasteiger partial charge in [0.25, 0.3) is 5.91 Å². The number of nitrogens with zero attached hydrogens (tertiary/aromatic N) is 1. The largest absolute Gasteiger partial charge is 0.361 e. The van der Waals surface area contributed by atoms with E-state index in [9.17, 15) is 18.8 Å². The van der Waals surface area contributed by atoms with Gasteiger partial charge in [0.2, 0.25) is 5.91 Å². The highest BCUT2D eigenvalue weighted by molar-refractivity contribution is 6.31. The summed E-state index contributed by atoms with van der Waals surface area (Å²) in [7, 11) is 0. The molecule has 1 aromatic heterocycles. The van der Waals surface area contributed by atoms with Gasteiger partial charge in [-0.3, -0.25) is 14.5 Å². The predicted molar refractivity (Wildman–Crippen MR) is 115 cm³/mol. The summed E-state index contributed by atoms with van der Waals surface area (Å²) in [5.74, 6) is -1.28. The van der Waals surface area contributed by atoms with Crippen molar-refractivity contribution < 1.29 is 18.8 Å². The normalized spacial score (nSPS) is 16.1. The van der Waals surface area contributed by atoms with E-state index in [1.807, 2.05) is 30.5 Å². The van der Waals surface area contributed by atoms with Gasteiger partial charge in [-0.15, -0.1) is 0 Å². The molecular weight excluding hydrogens is 423 g/mol. The summed E-state index contributed by atoms with van der Waals surface area (Å²) in [5.41, 5.74) is 2.39. The number of amides is 4. The summed E-state index contributed by atoms with van der Waals surface area (Å²) in [4.78, 5) is 41.4. The molecule has 1 aliphatic rings. The molecule has 31 heavy (non-hydrogen) atoms. The molecule has 1 aliphatic heterocycles. The van der Waals surface area contributed by atoms with Crippen LogP contribution in [0.4, 0.5) is 14.9 Å². The number of rotatable bonds is 7. The van der Waals surface area contributed by atoms with Gasteiger partial charge in [-0.1, -0.05) is 29.8 Å². The average Bonchev–Trinajstić information content (AvgIpc) is 3.28. The lowest BCUT2D eigenvalue weighted by atomic mass is 10.1. The highest BCUT2D eigenvalue weighted by atomic mass is 35.5. The monoisotopic (exact) mass is 442 g/mol. The molecule has 160 valence electrons. The zero-order valence-corrected chi connectivity index (χ0v) is 17.2. The van der Waals surface area contributed by atoms with E-state index in [0.717, 1.165) is 22.5 Å². The van der Waals surface area contributed by atoms with Gasteiger partial charge in [-0.25, -0.2) is 9.18 Å². The molecule has 2 aromatic carbocycles. The molecule has 1 fully saturated rings. The van der Waals surface area contributed by atoms with Crippen LogP contribution in [0, 0.1) is 5.82 Å². The number of nitrogens with one attached hydrogen (secondary N) is 3. The lowest BCUT2D eigenvalue weighted by Crippen LogP contribution is -2.33. The summed E-state index contributed by atoms with van der Waals surface area (Å²) in [6.45, 7) is 0.253. The first-order valence-electron chi connectivity index (χ1n) is 9.84. The molecule has 1 saturated heterocycles. The van der Waals surface area contributed by atoms with E-state index in [0.29, 0.717) is 12.1 Å². The lowest BCUT2D eigenvalue weighted by molar-refractivity contribution is -0.127. The Morgan fingerprint density at radius 3 is 2.81 bits per heavy atom. The van der Waals surface area contributed by atoms with E-state index in [2.05, 4.69) is 15.6 Å². The van der Waals surface area contributed by atoms with Crippen LogP contribution >= 0.6 is 11.6 Å². The fourth-order valence-corrected chi connectivity index (χ4v) is 3.81. The third kappa shape index (κ3) is 4.54. The van der Waals surface area contributed by atoms with Crippen LogP contribution in [0.5, 0.6) is 0 Å². The Balaban J connectivity index is 1.30. The molecule has 0 saturated carbocycles. The second kappa shape index (κ2) is 8.77. The van der Waals surface area contributed by atoms with Crippen molar-refractivity contribution in [1.82, 2.24) is 15.2 Å². The molecule has 3 aromatic rings. The Morgan fingerprint density at radius 2 is 2.00 bits per heavy atom. The number of fused-ring (bicyclic) bond motifs is 1. The first kappa shape index (κ1) is 20.9. The highest BCUT2D eigenvalue weighted by Crippen LogP contribution is 2.21. The van der Waals surface area contributed by atoms with Gasteiger partial charge in [-0.05, 0) is 42.7 Å². The van der Waals surface area contributed by atoms with Gasteiger partial charge in [0.05, 0.1) is 5.02 Å². The molecule has 4 rings (SSSR count). The average molecular weight is 443 g/mol. The first-order valence-corrected chi connectivity index (χ1v) is 10.2. The number of para-hydroxylation sites is 1. The van der Waals surface area contributed by atoms with Crippen LogP contribution in [0.1, 0.15) is 18.4 Å². The number of aromatic amines is 1. The van der Waals surface area contributed by atoms with Crippen LogP contribution in [0.2, 0.25) is 5.02 Å². The Labute approximate surface area is 182 Å². The van der Waals surface area contributed by atoms with E-state index < -0.39 is 17.9 Å². The third-order valence-electron chi connectivity index (χ3n) is 5.25. The predicted octanol–water partition coefficient (Wildman–Crippen LogP) is 3.84. The van der Waals surface area contributed by atoms with Gasteiger partial charge in [0, 0.05) is 35.8 Å². The van der Waals surface area contributed by atoms with Crippen molar-refractivity contribution in [2.24, 2.45) is 0 Å². The van der Waals surface area contributed by atoms with Crippen molar-refractivity contribution in [2.45, 2.75) is 25.3 Å². The van der Waals surface area contributed by atoms with Crippen LogP contribution < -0.4 is 10.6 Å². The highest BCUT2D eigenvalue weighted by Gasteiger charge is 2.37. The van der Waals surface area contributed by atoms with Crippen molar-refractivity contribution in [2.75, 3.05) is 11.9 Å². The second-order valence-electron chi connectivity index (χ2n) is 7.32. The van der Waals surface area contributed by atoms with Gasteiger partial charge >= 0.3 is 6.03 Å². The molecule has 0 aliphatic carbocycles. The molecule has 1 atom stereocenters. The number of carbonyl (C=O) groups is 3. The summed E-state index contributed by atoms with van der Waals surface area (Å²) < 4.78 is 13.2. The van der Waals surface area contributed by atoms with Gasteiger partial charge in [0.1, 0.15) is 11.9 Å². The summed E-state index contributed by atoms with van der Waals surface area (Å²) in [6, 6.07) is 10.5. The van der Waals surface area contributed by atoms with Crippen molar-refractivity contribution in [3.63, 3.8) is 0 Å². The summed E-state index contributed by atoms with van der Waals surface area (Å²) >= 11 is 5.70. The fraction of sp³-hybridized carbons (Fsp3) is 0.227. The lowest BCUT2D eigenvalue weighted by Gasteiger charge is -2.13. The molecule has 0 spiro atoms. The SMILES string of the molecule is O=C(CCC1NC(=O)N(CCc2c[nH]c3ccccc23)C1=O)Nc1ccc(F)c(Cl)c1. The Kier molecular flexibility index (Phi) is 5.90. The van der Waals surface area contributed by atoms with E-state index in [1.165, 1.54) is 17.0 Å². The number of urea groups is 1. The minimum absolute atomic E-state index is 0.0158. The first-order chi connectivity index (χ1) is 14.9. The number of imide groups is 1. The summed E-state index contributed by atoms with van der Waals surface area (Å²) in [5, 5.41) is 6.20. The van der Waals surface area contributed by atoms with Gasteiger partial charge in [0.15, 0.2) is 0 Å². The molecule has 1 unspecified atom stereocenters. The zero-order chi connectivity index (χ0) is 22.0. The standard InChI is InChI=1S/C22H20ClFN4O3/c23-16-11-14(5-6-17(16)24)26-20(29)8-7-19-21(30)28(22(31)27-19)10-9-13-12-25-18-4-2-1-3-15(13)18/h1-6,11-12,19,25H,7-10H2,(H,26,29)(H,27,31). The van der Waals surface area contributed by atoms with Crippen LogP contribution in [-0.4, -0.2) is 40.3 Å². The number of aromatic nitrogens is 1. The topological polar surface area (TPSA) is 94.3 Å². The summed E-state index contributed by atoms with van der Waals surface area (Å²) in [6.07, 6.45) is 2.59. The third-order valence-corrected chi connectivity index (χ3v) is 5.54. The van der Waals surface area contributed by atoms with E-state index in [4.69, 9.17) is 11.6 Å². The minimum Gasteiger partial charge on any atom is -0.361 e. The second-order valence-corrected chi connectivity index (χ2v) is 7.72. The fourth-order valence-electron chi connectivity index (χ4n) is 3.63. The van der Waals surface area contributed by atoms with E-state index in [1.54, 1.807) is 0 Å². The van der Waals surface area contributed by atoms with Crippen LogP contribution in [0.15, 0.2) is 48.7 Å². The molecular formula is C22H20ClFN4O3. The number of anilines is 1. The number of carbonyl (C=O) groups excluding carboxylic acids is 3. The molecule has 0 bridgehead atoms. The van der Waals surface area contributed by atoms with Crippen molar-refractivity contribution in [3.8, 4) is 0 Å². The minimum atomic E-state index is -0.752. The molecule has 4 amide bonds. The van der Waals surface area contributed by atoms with Gasteiger partial charge in [-0.2, -0.15) is 0 Å². The number of H-pyrrole nitrogens is 1. The molecule has 2 heterocycles. The Morgan fingerprint density at radius 1 is 1.19 bits per heavy atom. The van der Waals surface area contributed by atoms with Gasteiger partial charge < -0.3 is 15.6 Å². The maximum Gasteiger partial charge on any atom is 0.324 e. The maximum atomic E-state index is 13.2. The number of benzene rings is 2. The molecule has 0 radical (unpaired) electrons. The molecule has 7 nitrogen and oxygen atoms in total. The number of halogens is 2. The smallest absolute Gasteiger partial charge is 0.324 e. The van der Waals surface area contributed by atoms with Crippen molar-refractivity contribution >= 4 is 46.0 Å². The quantitative estimate of drug-likeness (QED) is 0.485. The van der Waals surface area contributed by atoms with Crippen LogP contribution in [-0.2, 0) is 16.0 Å². The molecule has 9 heteroatoms. The van der Waals surface area contributed by atoms with E-state index >= 15 is 0 Å².